The number of carbonyl (C=O) groups is 1. The lowest BCUT2D eigenvalue weighted by Gasteiger charge is -2.23. The van der Waals surface area contributed by atoms with E-state index in [1.807, 2.05) is 48.3 Å². The number of hydrogen-bond acceptors (Lipinski definition) is 10. The van der Waals surface area contributed by atoms with Gasteiger partial charge in [-0.1, -0.05) is 30.3 Å². The zero-order chi connectivity index (χ0) is 36.3. The Labute approximate surface area is 292 Å². The highest BCUT2D eigenvalue weighted by atomic mass is 19.1. The van der Waals surface area contributed by atoms with E-state index in [0.29, 0.717) is 37.2 Å². The van der Waals surface area contributed by atoms with Gasteiger partial charge in [-0.05, 0) is 62.2 Å². The summed E-state index contributed by atoms with van der Waals surface area (Å²) in [5.41, 5.74) is 7.22. The van der Waals surface area contributed by atoms with Crippen molar-refractivity contribution in [3.63, 3.8) is 0 Å². The molecule has 0 aliphatic carbocycles. The number of nitrogens with two attached hydrogens (primary N) is 1. The van der Waals surface area contributed by atoms with E-state index in [2.05, 4.69) is 20.6 Å². The van der Waals surface area contributed by atoms with Gasteiger partial charge in [0.25, 0.3) is 5.88 Å². The predicted molar refractivity (Wildman–Crippen MR) is 185 cm³/mol. The molecule has 2 heterocycles. The molecule has 0 radical (unpaired) electrons. The average molecular weight is 699 g/mol. The Kier molecular flexibility index (Phi) is 11.9. The third-order valence-corrected chi connectivity index (χ3v) is 7.82. The molecule has 51 heavy (non-hydrogen) atoms. The molecule has 0 saturated heterocycles. The molecular weight excluding hydrogens is 662 g/mol. The van der Waals surface area contributed by atoms with E-state index in [0.717, 1.165) is 11.8 Å². The summed E-state index contributed by atoms with van der Waals surface area (Å²) in [4.78, 5) is 22.2. The summed E-state index contributed by atoms with van der Waals surface area (Å²) >= 11 is 0. The first-order valence-electron chi connectivity index (χ1n) is 16.0. The van der Waals surface area contributed by atoms with E-state index in [-0.39, 0.29) is 41.8 Å². The van der Waals surface area contributed by atoms with Gasteiger partial charge in [-0.25, -0.2) is 14.2 Å². The molecule has 1 aromatic heterocycles. The lowest BCUT2D eigenvalue weighted by molar-refractivity contribution is -0.138. The molecule has 6 N–H and O–H groups in total. The third kappa shape index (κ3) is 9.46. The van der Waals surface area contributed by atoms with Crippen molar-refractivity contribution in [3.05, 3.63) is 101 Å². The normalized spacial score (nSPS) is 14.4. The van der Waals surface area contributed by atoms with E-state index in [1.165, 1.54) is 24.3 Å². The molecule has 2 atom stereocenters. The summed E-state index contributed by atoms with van der Waals surface area (Å²) in [6, 6.07) is 19.4. The van der Waals surface area contributed by atoms with Crippen LogP contribution in [0.15, 0.2) is 77.9 Å². The molecular formula is C36H36F2N8O5. The number of nitrogens with zero attached hydrogens (tertiary/aromatic N) is 4. The Hall–Kier alpha value is -6.27. The summed E-state index contributed by atoms with van der Waals surface area (Å²) in [7, 11) is 1.81. The fraction of sp³-hybridized carbons (Fsp3) is 0.250. The summed E-state index contributed by atoms with van der Waals surface area (Å²) in [6.07, 6.45) is 3.29. The van der Waals surface area contributed by atoms with Gasteiger partial charge in [0.2, 0.25) is 11.6 Å². The molecule has 4 aromatic rings. The van der Waals surface area contributed by atoms with Gasteiger partial charge in [-0.2, -0.15) is 9.65 Å². The van der Waals surface area contributed by atoms with Crippen molar-refractivity contribution in [2.24, 2.45) is 10.7 Å². The summed E-state index contributed by atoms with van der Waals surface area (Å²) in [6.45, 7) is 1.10. The standard InChI is InChI=1S/C36H36F2N8O5/c1-46-16-15-42-33(46)25-18-24(45-27(35(47)48)9-5-6-14-43-36(40)41)11-13-28(25)50-32-26(37)20-44-34(31(32)38)51-30-17-23(19-39)10-12-29(30)49-21-22-7-3-2-4-8-22/h2-4,7-8,10-13,15,17-18,20,27,33,45H,5-6,9,14,16,21H2,1H3,(H,47,48)(H4,40,41,43). The van der Waals surface area contributed by atoms with Crippen molar-refractivity contribution in [3.8, 4) is 34.9 Å². The van der Waals surface area contributed by atoms with Crippen LogP contribution in [-0.2, 0) is 11.4 Å². The van der Waals surface area contributed by atoms with Crippen LogP contribution < -0.4 is 30.6 Å². The monoisotopic (exact) mass is 698 g/mol. The molecule has 1 aliphatic rings. The molecule has 0 spiro atoms. The maximum atomic E-state index is 16.0. The van der Waals surface area contributed by atoms with Crippen molar-refractivity contribution in [2.75, 3.05) is 25.5 Å². The van der Waals surface area contributed by atoms with Crippen LogP contribution >= 0.6 is 0 Å². The minimum absolute atomic E-state index is 0.0185. The number of rotatable bonds is 16. The number of aromatic nitrogens is 1. The van der Waals surface area contributed by atoms with Gasteiger partial charge >= 0.3 is 5.97 Å². The topological polar surface area (TPSA) is 191 Å². The number of hydrogen-bond donors (Lipinski definition) is 5. The van der Waals surface area contributed by atoms with Crippen LogP contribution in [0.3, 0.4) is 0 Å². The van der Waals surface area contributed by atoms with Crippen molar-refractivity contribution >= 4 is 23.8 Å². The Balaban J connectivity index is 1.40. The van der Waals surface area contributed by atoms with Gasteiger partial charge in [-0.15, -0.1) is 0 Å². The fourth-order valence-corrected chi connectivity index (χ4v) is 5.22. The number of guanidine groups is 1. The van der Waals surface area contributed by atoms with Gasteiger partial charge in [0.15, 0.2) is 23.3 Å². The fourth-order valence-electron chi connectivity index (χ4n) is 5.22. The summed E-state index contributed by atoms with van der Waals surface area (Å²) in [5.74, 6) is -4.73. The van der Waals surface area contributed by atoms with Crippen LogP contribution in [0.2, 0.25) is 0 Å². The smallest absolute Gasteiger partial charge is 0.326 e. The lowest BCUT2D eigenvalue weighted by atomic mass is 10.1. The van der Waals surface area contributed by atoms with Crippen LogP contribution in [0.1, 0.15) is 42.1 Å². The minimum atomic E-state index is -1.24. The minimum Gasteiger partial charge on any atom is -0.485 e. The van der Waals surface area contributed by atoms with Crippen LogP contribution in [0.25, 0.3) is 0 Å². The number of benzene rings is 3. The van der Waals surface area contributed by atoms with Gasteiger partial charge in [0, 0.05) is 36.6 Å². The zero-order valence-electron chi connectivity index (χ0n) is 27.6. The molecule has 3 aromatic carbocycles. The first-order valence-corrected chi connectivity index (χ1v) is 16.0. The van der Waals surface area contributed by atoms with Gasteiger partial charge in [0.05, 0.1) is 17.8 Å². The van der Waals surface area contributed by atoms with E-state index < -0.39 is 41.4 Å². The Morgan fingerprint density at radius 3 is 2.61 bits per heavy atom. The molecule has 15 heteroatoms. The number of pyridine rings is 1. The van der Waals surface area contributed by atoms with Crippen molar-refractivity contribution in [2.45, 2.75) is 38.1 Å². The molecule has 0 bridgehead atoms. The van der Waals surface area contributed by atoms with Gasteiger partial charge in [0.1, 0.15) is 24.6 Å². The number of halogens is 2. The van der Waals surface area contributed by atoms with Crippen LogP contribution in [0.4, 0.5) is 14.5 Å². The zero-order valence-corrected chi connectivity index (χ0v) is 27.6. The maximum Gasteiger partial charge on any atom is 0.326 e. The highest BCUT2D eigenvalue weighted by Gasteiger charge is 2.27. The van der Waals surface area contributed by atoms with Crippen molar-refractivity contribution in [1.29, 1.82) is 10.7 Å². The average Bonchev–Trinajstić information content (AvgIpc) is 3.55. The van der Waals surface area contributed by atoms with Gasteiger partial charge < -0.3 is 35.7 Å². The number of carboxylic acid groups (broad SMARTS) is 1. The highest BCUT2D eigenvalue weighted by molar-refractivity contribution is 5.77. The Morgan fingerprint density at radius 1 is 1.12 bits per heavy atom. The Bertz CT molecular complexity index is 1940. The Morgan fingerprint density at radius 2 is 1.90 bits per heavy atom. The number of nitrogens with one attached hydrogen (secondary N) is 3. The molecule has 0 saturated carbocycles. The second kappa shape index (κ2) is 16.9. The first kappa shape index (κ1) is 36.0. The van der Waals surface area contributed by atoms with Crippen LogP contribution in [0.5, 0.6) is 28.9 Å². The van der Waals surface area contributed by atoms with E-state index >= 15 is 8.78 Å². The first-order chi connectivity index (χ1) is 24.6. The van der Waals surface area contributed by atoms with E-state index in [4.69, 9.17) is 25.4 Å². The molecule has 0 fully saturated rings. The van der Waals surface area contributed by atoms with Crippen molar-refractivity contribution < 1.29 is 32.9 Å². The highest BCUT2D eigenvalue weighted by Crippen LogP contribution is 2.41. The molecule has 264 valence electrons. The van der Waals surface area contributed by atoms with E-state index in [9.17, 15) is 15.2 Å². The number of unbranched alkanes of at least 4 members (excludes halogenated alkanes) is 1. The van der Waals surface area contributed by atoms with Crippen molar-refractivity contribution in [1.82, 2.24) is 15.2 Å². The molecule has 5 rings (SSSR count). The number of anilines is 1. The molecule has 13 nitrogen and oxygen atoms in total. The SMILES string of the molecule is CN1CC=NC1c1cc(NC(CCCCNC(=N)N)C(=O)O)ccc1Oc1c(F)cnc(Oc2cc(C#N)ccc2OCc2ccccc2)c1F. The maximum absolute atomic E-state index is 16.0. The number of aliphatic carboxylic acids is 1. The largest absolute Gasteiger partial charge is 0.485 e. The molecule has 1 aliphatic heterocycles. The van der Waals surface area contributed by atoms with Crippen LogP contribution in [-0.4, -0.2) is 59.3 Å². The molecule has 0 amide bonds. The second-order valence-electron chi connectivity index (χ2n) is 11.6. The molecule has 2 unspecified atom stereocenters. The second-order valence-corrected chi connectivity index (χ2v) is 11.6. The predicted octanol–water partition coefficient (Wildman–Crippen LogP) is 5.93. The third-order valence-electron chi connectivity index (χ3n) is 7.82. The number of carboxylic acids is 1. The summed E-state index contributed by atoms with van der Waals surface area (Å²) < 4.78 is 48.8. The van der Waals surface area contributed by atoms with E-state index in [1.54, 1.807) is 18.3 Å². The number of nitriles is 1. The quantitative estimate of drug-likeness (QED) is 0.0530. The van der Waals surface area contributed by atoms with Gasteiger partial charge in [-0.3, -0.25) is 15.3 Å². The number of ether oxygens (including phenoxy) is 3. The van der Waals surface area contributed by atoms with Crippen LogP contribution in [0, 0.1) is 28.4 Å². The summed E-state index contributed by atoms with van der Waals surface area (Å²) in [5, 5.41) is 32.3. The number of aliphatic imine (C=N–C) groups is 1. The lowest BCUT2D eigenvalue weighted by Crippen LogP contribution is -2.32.